The van der Waals surface area contributed by atoms with Crippen molar-refractivity contribution in [1.29, 1.82) is 0 Å². The Kier molecular flexibility index (Phi) is 3.05. The van der Waals surface area contributed by atoms with E-state index in [9.17, 15) is 4.21 Å². The Bertz CT molecular complexity index is 259. The van der Waals surface area contributed by atoms with Gasteiger partial charge < -0.3 is 0 Å². The predicted molar refractivity (Wildman–Crippen MR) is 43.9 cm³/mol. The van der Waals surface area contributed by atoms with Crippen molar-refractivity contribution < 1.29 is 4.21 Å². The maximum atomic E-state index is 9.76. The average molecular weight is 171 g/mol. The molecule has 0 aliphatic carbocycles. The summed E-state index contributed by atoms with van der Waals surface area (Å²) in [6.45, 7) is 0. The van der Waals surface area contributed by atoms with Crippen molar-refractivity contribution in [3.8, 4) is 0 Å². The first-order chi connectivity index (χ1) is 4.93. The van der Waals surface area contributed by atoms with Crippen LogP contribution in [0.1, 0.15) is 5.56 Å². The first-order valence-corrected chi connectivity index (χ1v) is 4.25. The van der Waals surface area contributed by atoms with Crippen molar-refractivity contribution in [1.82, 2.24) is 0 Å². The van der Waals surface area contributed by atoms with Gasteiger partial charge in [-0.2, -0.15) is 19.9 Å². The zero-order chi connectivity index (χ0) is 7.23. The highest BCUT2D eigenvalue weighted by atomic mass is 32.1. The van der Waals surface area contributed by atoms with E-state index < -0.39 is 0 Å². The highest BCUT2D eigenvalue weighted by Crippen LogP contribution is 2.07. The van der Waals surface area contributed by atoms with Gasteiger partial charge in [0.15, 0.2) is 0 Å². The molecule has 0 spiro atoms. The molecule has 1 heterocycles. The highest BCUT2D eigenvalue weighted by Gasteiger charge is 1.81. The van der Waals surface area contributed by atoms with Crippen LogP contribution in [0, 0.1) is 0 Å². The molecule has 4 heteroatoms. The zero-order valence-corrected chi connectivity index (χ0v) is 6.69. The second kappa shape index (κ2) is 4.14. The van der Waals surface area contributed by atoms with Crippen molar-refractivity contribution in [3.05, 3.63) is 28.6 Å². The summed E-state index contributed by atoms with van der Waals surface area (Å²) in [5.74, 6) is 0. The van der Waals surface area contributed by atoms with E-state index in [2.05, 4.69) is 4.36 Å². The molecule has 1 aromatic heterocycles. The molecule has 0 radical (unpaired) electrons. The van der Waals surface area contributed by atoms with Gasteiger partial charge in [0.05, 0.1) is 0 Å². The summed E-state index contributed by atoms with van der Waals surface area (Å²) in [6, 6.07) is 1.96. The third kappa shape index (κ3) is 2.24. The van der Waals surface area contributed by atoms with Crippen LogP contribution < -0.4 is 0 Å². The Morgan fingerprint density at radius 1 is 1.70 bits per heavy atom. The summed E-state index contributed by atoms with van der Waals surface area (Å²) in [6.07, 6.45) is 3.29. The summed E-state index contributed by atoms with van der Waals surface area (Å²) in [7, 11) is 0. The van der Waals surface area contributed by atoms with Crippen LogP contribution in [0.25, 0.3) is 6.08 Å². The average Bonchev–Trinajstić information content (AvgIpc) is 2.41. The van der Waals surface area contributed by atoms with Gasteiger partial charge in [-0.3, -0.25) is 0 Å². The molecule has 0 N–H and O–H groups in total. The Labute approximate surface area is 66.5 Å². The smallest absolute Gasteiger partial charge is 0.191 e. The molecular formula is C6H5NOS2. The van der Waals surface area contributed by atoms with E-state index in [0.717, 1.165) is 5.56 Å². The zero-order valence-electron chi connectivity index (χ0n) is 5.06. The summed E-state index contributed by atoms with van der Waals surface area (Å²) < 4.78 is 13.2. The third-order valence-electron chi connectivity index (χ3n) is 0.914. The van der Waals surface area contributed by atoms with Gasteiger partial charge in [-0.25, -0.2) is 0 Å². The molecule has 0 aliphatic heterocycles. The lowest BCUT2D eigenvalue weighted by Gasteiger charge is -1.75. The van der Waals surface area contributed by atoms with Crippen LogP contribution in [0.15, 0.2) is 27.4 Å². The summed E-state index contributed by atoms with van der Waals surface area (Å²) in [5, 5.41) is 3.96. The molecule has 1 rings (SSSR count). The molecule has 0 fully saturated rings. The fraction of sp³-hybridized carbons (Fsp3) is 0. The Hall–Kier alpha value is -0.740. The lowest BCUT2D eigenvalue weighted by atomic mass is 10.3. The monoisotopic (exact) mass is 171 g/mol. The van der Waals surface area contributed by atoms with Crippen molar-refractivity contribution in [2.75, 3.05) is 0 Å². The third-order valence-corrected chi connectivity index (χ3v) is 1.82. The standard InChI is InChI=1S/C6H5NOS2/c8-10-7-3-1-6-2-4-9-5-6/h1-5H. The van der Waals surface area contributed by atoms with E-state index in [0.29, 0.717) is 0 Å². The maximum Gasteiger partial charge on any atom is 0.204 e. The topological polar surface area (TPSA) is 29.4 Å². The number of rotatable bonds is 2. The van der Waals surface area contributed by atoms with Crippen molar-refractivity contribution >= 4 is 28.9 Å². The quantitative estimate of drug-likeness (QED) is 0.670. The Balaban J connectivity index is 2.63. The van der Waals surface area contributed by atoms with Crippen LogP contribution in [-0.2, 0) is 11.5 Å². The summed E-state index contributed by atoms with van der Waals surface area (Å²) >= 11 is 1.83. The van der Waals surface area contributed by atoms with Gasteiger partial charge in [0.25, 0.3) is 0 Å². The summed E-state index contributed by atoms with van der Waals surface area (Å²) in [5.41, 5.74) is 1.09. The molecule has 0 atom stereocenters. The molecule has 0 saturated carbocycles. The van der Waals surface area contributed by atoms with Gasteiger partial charge in [-0.1, -0.05) is 0 Å². The maximum absolute atomic E-state index is 9.76. The van der Waals surface area contributed by atoms with E-state index in [1.807, 2.05) is 16.8 Å². The molecular weight excluding hydrogens is 166 g/mol. The fourth-order valence-electron chi connectivity index (χ4n) is 0.511. The number of hydrogen-bond donors (Lipinski definition) is 0. The second-order valence-electron chi connectivity index (χ2n) is 1.55. The van der Waals surface area contributed by atoms with Gasteiger partial charge in [0.2, 0.25) is 11.5 Å². The minimum atomic E-state index is 0.215. The predicted octanol–water partition coefficient (Wildman–Crippen LogP) is 2.12. The van der Waals surface area contributed by atoms with E-state index in [-0.39, 0.29) is 11.5 Å². The van der Waals surface area contributed by atoms with E-state index in [1.54, 1.807) is 17.4 Å². The van der Waals surface area contributed by atoms with Crippen LogP contribution in [0.5, 0.6) is 0 Å². The van der Waals surface area contributed by atoms with Crippen molar-refractivity contribution in [2.45, 2.75) is 0 Å². The number of hydrogen-bond acceptors (Lipinski definition) is 3. The first-order valence-electron chi connectivity index (χ1n) is 2.61. The van der Waals surface area contributed by atoms with Crippen LogP contribution in [0.3, 0.4) is 0 Å². The number of nitrogens with zero attached hydrogens (tertiary/aromatic N) is 1. The molecule has 0 amide bonds. The molecule has 0 bridgehead atoms. The van der Waals surface area contributed by atoms with Crippen molar-refractivity contribution in [3.63, 3.8) is 0 Å². The Morgan fingerprint density at radius 3 is 3.20 bits per heavy atom. The highest BCUT2D eigenvalue weighted by molar-refractivity contribution is 7.54. The van der Waals surface area contributed by atoms with Gasteiger partial charge in [0.1, 0.15) is 0 Å². The SMILES string of the molecule is O=S=NC=Cc1ccsc1. The van der Waals surface area contributed by atoms with Crippen LogP contribution >= 0.6 is 11.3 Å². The number of thiophene rings is 1. The van der Waals surface area contributed by atoms with Gasteiger partial charge in [0, 0.05) is 6.20 Å². The minimum Gasteiger partial charge on any atom is -0.191 e. The second-order valence-corrected chi connectivity index (χ2v) is 2.69. The molecule has 0 unspecified atom stereocenters. The molecule has 0 aliphatic rings. The molecule has 52 valence electrons. The van der Waals surface area contributed by atoms with E-state index in [4.69, 9.17) is 0 Å². The molecule has 1 aromatic rings. The molecule has 2 nitrogen and oxygen atoms in total. The fourth-order valence-corrected chi connectivity index (χ4v) is 1.25. The van der Waals surface area contributed by atoms with Crippen LogP contribution in [0.4, 0.5) is 0 Å². The minimum absolute atomic E-state index is 0.215. The normalized spacial score (nSPS) is 10.0. The van der Waals surface area contributed by atoms with E-state index in [1.165, 1.54) is 6.20 Å². The van der Waals surface area contributed by atoms with Gasteiger partial charge >= 0.3 is 0 Å². The lowest BCUT2D eigenvalue weighted by Crippen LogP contribution is -1.55. The van der Waals surface area contributed by atoms with Gasteiger partial charge in [-0.15, -0.1) is 0 Å². The van der Waals surface area contributed by atoms with Crippen LogP contribution in [0.2, 0.25) is 0 Å². The first kappa shape index (κ1) is 7.37. The lowest BCUT2D eigenvalue weighted by molar-refractivity contribution is 0.698. The largest absolute Gasteiger partial charge is 0.204 e. The molecule has 10 heavy (non-hydrogen) atoms. The van der Waals surface area contributed by atoms with Crippen LogP contribution in [-0.4, -0.2) is 4.21 Å². The summed E-state index contributed by atoms with van der Waals surface area (Å²) in [4.78, 5) is 0. The van der Waals surface area contributed by atoms with Gasteiger partial charge in [-0.05, 0) is 28.5 Å². The molecule has 0 saturated heterocycles. The molecule has 0 aromatic carbocycles. The van der Waals surface area contributed by atoms with E-state index >= 15 is 0 Å². The Morgan fingerprint density at radius 2 is 2.60 bits per heavy atom. The van der Waals surface area contributed by atoms with Crippen molar-refractivity contribution in [2.24, 2.45) is 4.36 Å².